The smallest absolute Gasteiger partial charge is 0.308 e. The molecule has 5 rings (SSSR count). The number of hydrogen-bond acceptors (Lipinski definition) is 10. The van der Waals surface area contributed by atoms with Crippen molar-refractivity contribution >= 4 is 5.97 Å². The lowest BCUT2D eigenvalue weighted by Gasteiger charge is -2.49. The van der Waals surface area contributed by atoms with E-state index >= 15 is 0 Å². The second-order valence-electron chi connectivity index (χ2n) is 16.5. The van der Waals surface area contributed by atoms with Crippen LogP contribution in [0.25, 0.3) is 0 Å². The quantitative estimate of drug-likeness (QED) is 0.273. The zero-order valence-corrected chi connectivity index (χ0v) is 31.0. The first-order valence-corrected chi connectivity index (χ1v) is 18.5. The Hall–Kier alpha value is -0.890. The number of carboxylic acid groups (broad SMARTS) is 1. The monoisotopic (exact) mass is 684 g/mol. The van der Waals surface area contributed by atoms with Crippen molar-refractivity contribution in [3.63, 3.8) is 0 Å². The Labute approximate surface area is 287 Å². The highest BCUT2D eigenvalue weighted by molar-refractivity contribution is 5.70. The summed E-state index contributed by atoms with van der Waals surface area (Å²) in [6.45, 7) is 15.9. The zero-order chi connectivity index (χ0) is 35.4. The fourth-order valence-electron chi connectivity index (χ4n) is 10.2. The van der Waals surface area contributed by atoms with Gasteiger partial charge in [-0.1, -0.05) is 41.5 Å². The maximum Gasteiger partial charge on any atom is 0.308 e. The van der Waals surface area contributed by atoms with Crippen molar-refractivity contribution in [2.24, 2.45) is 35.5 Å². The van der Waals surface area contributed by atoms with Crippen LogP contribution in [0.15, 0.2) is 0 Å². The molecule has 5 fully saturated rings. The minimum absolute atomic E-state index is 0.0154. The van der Waals surface area contributed by atoms with Crippen molar-refractivity contribution in [2.75, 3.05) is 20.8 Å². The van der Waals surface area contributed by atoms with E-state index in [0.29, 0.717) is 12.8 Å². The molecule has 11 heteroatoms. The van der Waals surface area contributed by atoms with Crippen LogP contribution < -0.4 is 0 Å². The van der Waals surface area contributed by atoms with Gasteiger partial charge in [0.2, 0.25) is 0 Å². The molecule has 11 nitrogen and oxygen atoms in total. The van der Waals surface area contributed by atoms with Gasteiger partial charge in [0, 0.05) is 44.8 Å². The number of carbonyl (C=O) groups is 1. The van der Waals surface area contributed by atoms with Crippen molar-refractivity contribution < 1.29 is 53.3 Å². The lowest BCUT2D eigenvalue weighted by atomic mass is 9.78. The highest BCUT2D eigenvalue weighted by atomic mass is 16.7. The Morgan fingerprint density at radius 3 is 2.31 bits per heavy atom. The molecule has 278 valence electrons. The molecule has 5 heterocycles. The van der Waals surface area contributed by atoms with Crippen molar-refractivity contribution in [3.05, 3.63) is 0 Å². The second-order valence-corrected chi connectivity index (χ2v) is 16.5. The average molecular weight is 685 g/mol. The van der Waals surface area contributed by atoms with Gasteiger partial charge in [-0.2, -0.15) is 0 Å². The molecule has 48 heavy (non-hydrogen) atoms. The molecular formula is C37H64O11. The normalized spacial score (nSPS) is 50.1. The van der Waals surface area contributed by atoms with Gasteiger partial charge in [-0.05, 0) is 64.2 Å². The molecule has 17 atom stereocenters. The first-order chi connectivity index (χ1) is 22.5. The van der Waals surface area contributed by atoms with Gasteiger partial charge in [0.05, 0.1) is 66.5 Å². The number of hydrogen-bond donors (Lipinski definition) is 3. The summed E-state index contributed by atoms with van der Waals surface area (Å²) >= 11 is 0. The molecular weight excluding hydrogens is 620 g/mol. The van der Waals surface area contributed by atoms with E-state index in [9.17, 15) is 20.1 Å². The topological polar surface area (TPSA) is 142 Å². The van der Waals surface area contributed by atoms with E-state index in [-0.39, 0.29) is 66.2 Å². The van der Waals surface area contributed by atoms with Crippen LogP contribution in [0.1, 0.15) is 107 Å². The summed E-state index contributed by atoms with van der Waals surface area (Å²) in [6.07, 6.45) is 4.31. The summed E-state index contributed by atoms with van der Waals surface area (Å²) in [6, 6.07) is 0. The van der Waals surface area contributed by atoms with Gasteiger partial charge in [0.1, 0.15) is 0 Å². The molecule has 0 radical (unpaired) electrons. The molecule has 0 unspecified atom stereocenters. The predicted molar refractivity (Wildman–Crippen MR) is 177 cm³/mol. The highest BCUT2D eigenvalue weighted by Gasteiger charge is 2.62. The van der Waals surface area contributed by atoms with Crippen LogP contribution in [0.4, 0.5) is 0 Å². The van der Waals surface area contributed by atoms with Gasteiger partial charge < -0.3 is 48.5 Å². The van der Waals surface area contributed by atoms with Crippen LogP contribution in [0, 0.1) is 35.5 Å². The molecule has 0 aromatic rings. The lowest BCUT2D eigenvalue weighted by molar-refractivity contribution is -0.338. The van der Waals surface area contributed by atoms with Crippen LogP contribution in [0.5, 0.6) is 0 Å². The Bertz CT molecular complexity index is 1120. The summed E-state index contributed by atoms with van der Waals surface area (Å²) in [5.74, 6) is -3.96. The van der Waals surface area contributed by atoms with E-state index in [1.54, 1.807) is 21.1 Å². The van der Waals surface area contributed by atoms with Gasteiger partial charge in [-0.25, -0.2) is 0 Å². The SMILES string of the molecule is CC[C@@]1([C@@H]2O[C@@H]([C@H]3O[C@@](O)(CO)[C@H](C)C[C@@H]3C)C[C@@H]2C)CC[C@H]([C@]2(C)CC[C@]3(C[C@H](OC)[C@@H](C)[C@@H]([C@@H](C)[C@@H](OC)[C@H](C)C(=O)O)O3)O2)O1. The van der Waals surface area contributed by atoms with Gasteiger partial charge >= 0.3 is 5.97 Å². The number of methoxy groups -OCH3 is 2. The number of aliphatic carboxylic acids is 1. The standard InChI is InChI=1S/C37H64O11/c1-11-35(32-21(3)17-26(44-32)29-20(2)16-22(4)37(41,19-38)47-29)13-12-28(45-35)34(8)14-15-36(48-34)18-27(42-9)23(5)31(46-36)24(6)30(43-10)25(7)33(39)40/h20-32,38,41H,11-19H2,1-10H3,(H,39,40)/t20-,21-,22+,23+,24-,25-,26+,27-,28+,29-,30+,31-,32+,34-,35-,36+,37-/m0/s1. The molecule has 5 aliphatic rings. The molecule has 0 amide bonds. The van der Waals surface area contributed by atoms with Gasteiger partial charge in [0.25, 0.3) is 0 Å². The molecule has 0 aliphatic carbocycles. The third-order valence-corrected chi connectivity index (χ3v) is 13.3. The third kappa shape index (κ3) is 6.74. The maximum absolute atomic E-state index is 11.9. The van der Waals surface area contributed by atoms with Crippen LogP contribution in [-0.2, 0) is 38.0 Å². The molecule has 3 N–H and O–H groups in total. The van der Waals surface area contributed by atoms with Gasteiger partial charge in [-0.15, -0.1) is 0 Å². The van der Waals surface area contributed by atoms with Crippen LogP contribution in [0.3, 0.4) is 0 Å². The fourth-order valence-corrected chi connectivity index (χ4v) is 10.2. The first-order valence-electron chi connectivity index (χ1n) is 18.5. The Morgan fingerprint density at radius 1 is 1.00 bits per heavy atom. The number of carboxylic acids is 1. The Kier molecular flexibility index (Phi) is 11.4. The number of aliphatic hydroxyl groups excluding tert-OH is 1. The number of ether oxygens (including phenoxy) is 7. The van der Waals surface area contributed by atoms with Gasteiger partial charge in [-0.3, -0.25) is 4.79 Å². The van der Waals surface area contributed by atoms with Crippen molar-refractivity contribution in [1.29, 1.82) is 0 Å². The van der Waals surface area contributed by atoms with Crippen LogP contribution >= 0.6 is 0 Å². The van der Waals surface area contributed by atoms with Crippen LogP contribution in [0.2, 0.25) is 0 Å². The largest absolute Gasteiger partial charge is 0.481 e. The van der Waals surface area contributed by atoms with Crippen molar-refractivity contribution in [2.45, 2.75) is 172 Å². The second kappa shape index (κ2) is 14.3. The lowest BCUT2D eigenvalue weighted by Crippen LogP contribution is -2.57. The van der Waals surface area contributed by atoms with Crippen LogP contribution in [-0.4, -0.2) is 108 Å². The molecule has 1 spiro atoms. The van der Waals surface area contributed by atoms with Crippen molar-refractivity contribution in [1.82, 2.24) is 0 Å². The van der Waals surface area contributed by atoms with E-state index in [0.717, 1.165) is 38.5 Å². The number of rotatable bonds is 11. The minimum atomic E-state index is -1.56. The summed E-state index contributed by atoms with van der Waals surface area (Å²) in [5, 5.41) is 30.7. The molecule has 0 bridgehead atoms. The average Bonchev–Trinajstić information content (AvgIpc) is 3.76. The minimum Gasteiger partial charge on any atom is -0.481 e. The Balaban J connectivity index is 1.30. The van der Waals surface area contributed by atoms with E-state index in [1.165, 1.54) is 0 Å². The zero-order valence-electron chi connectivity index (χ0n) is 31.0. The highest BCUT2D eigenvalue weighted by Crippen LogP contribution is 2.55. The molecule has 0 saturated carbocycles. The van der Waals surface area contributed by atoms with E-state index in [2.05, 4.69) is 34.6 Å². The summed E-state index contributed by atoms with van der Waals surface area (Å²) < 4.78 is 45.9. The Morgan fingerprint density at radius 2 is 1.71 bits per heavy atom. The maximum atomic E-state index is 11.9. The molecule has 5 aliphatic heterocycles. The molecule has 0 aromatic heterocycles. The number of aliphatic hydroxyl groups is 2. The van der Waals surface area contributed by atoms with E-state index in [4.69, 9.17) is 33.2 Å². The molecule has 0 aromatic carbocycles. The summed E-state index contributed by atoms with van der Waals surface area (Å²) in [5.41, 5.74) is -1.07. The third-order valence-electron chi connectivity index (χ3n) is 13.3. The fraction of sp³-hybridized carbons (Fsp3) is 0.973. The molecule has 5 saturated heterocycles. The van der Waals surface area contributed by atoms with Gasteiger partial charge in [0.15, 0.2) is 11.6 Å². The summed E-state index contributed by atoms with van der Waals surface area (Å²) in [4.78, 5) is 11.9. The van der Waals surface area contributed by atoms with Crippen molar-refractivity contribution in [3.8, 4) is 0 Å². The first kappa shape index (κ1) is 38.3. The van der Waals surface area contributed by atoms with E-state index < -0.39 is 47.4 Å². The van der Waals surface area contributed by atoms with E-state index in [1.807, 2.05) is 13.8 Å². The summed E-state index contributed by atoms with van der Waals surface area (Å²) in [7, 11) is 3.28. The predicted octanol–water partition coefficient (Wildman–Crippen LogP) is 4.93.